The normalized spacial score (nSPS) is 17.4. The minimum atomic E-state index is -0.938. The summed E-state index contributed by atoms with van der Waals surface area (Å²) in [6.07, 6.45) is 4.85. The summed E-state index contributed by atoms with van der Waals surface area (Å²) in [6, 6.07) is 6.92. The average Bonchev–Trinajstić information content (AvgIpc) is 2.99. The average molecular weight is 747 g/mol. The Hall–Kier alpha value is -3.52. The van der Waals surface area contributed by atoms with Crippen molar-refractivity contribution in [2.75, 3.05) is 78.6 Å². The van der Waals surface area contributed by atoms with Gasteiger partial charge < -0.3 is 24.1 Å². The fourth-order valence-corrected chi connectivity index (χ4v) is 5.79. The summed E-state index contributed by atoms with van der Waals surface area (Å²) < 4.78 is 22.4. The molecule has 2 rings (SSSR count). The number of carboxylic acid groups (broad SMARTS) is 1. The lowest BCUT2D eigenvalue weighted by Crippen LogP contribution is -2.52. The van der Waals surface area contributed by atoms with Crippen LogP contribution in [0.1, 0.15) is 87.6 Å². The highest BCUT2D eigenvalue weighted by Gasteiger charge is 2.29. The number of allylic oxidation sites excluding steroid dienone is 1. The second kappa shape index (κ2) is 21.4. The number of ether oxygens (including phenoxy) is 4. The van der Waals surface area contributed by atoms with Crippen LogP contribution in [0.3, 0.4) is 0 Å². The lowest BCUT2D eigenvalue weighted by Gasteiger charge is -2.36. The summed E-state index contributed by atoms with van der Waals surface area (Å²) >= 11 is 0. The maximum absolute atomic E-state index is 13.0. The molecule has 1 saturated heterocycles. The monoisotopic (exact) mass is 746 g/mol. The predicted molar refractivity (Wildman–Crippen MR) is 206 cm³/mol. The van der Waals surface area contributed by atoms with Gasteiger partial charge in [0.1, 0.15) is 28.6 Å². The van der Waals surface area contributed by atoms with Crippen LogP contribution in [-0.2, 0) is 33.4 Å². The molecule has 0 amide bonds. The van der Waals surface area contributed by atoms with Gasteiger partial charge in [-0.05, 0) is 99.8 Å². The first-order valence-corrected chi connectivity index (χ1v) is 18.8. The molecule has 1 aliphatic rings. The highest BCUT2D eigenvalue weighted by atomic mass is 16.6. The van der Waals surface area contributed by atoms with E-state index in [4.69, 9.17) is 18.9 Å². The summed E-state index contributed by atoms with van der Waals surface area (Å²) in [4.78, 5) is 59.5. The number of rotatable bonds is 14. The molecule has 53 heavy (non-hydrogen) atoms. The molecule has 0 radical (unpaired) electrons. The van der Waals surface area contributed by atoms with Gasteiger partial charge in [0.15, 0.2) is 0 Å². The van der Waals surface area contributed by atoms with Gasteiger partial charge in [0.2, 0.25) is 0 Å². The molecule has 1 N–H and O–H groups in total. The molecule has 13 nitrogen and oxygen atoms in total. The smallest absolute Gasteiger partial charge is 0.320 e. The van der Waals surface area contributed by atoms with Crippen LogP contribution in [-0.4, -0.2) is 150 Å². The molecule has 1 aromatic carbocycles. The van der Waals surface area contributed by atoms with Crippen molar-refractivity contribution in [1.82, 2.24) is 19.6 Å². The molecule has 0 unspecified atom stereocenters. The number of hydrogen-bond acceptors (Lipinski definition) is 12. The number of esters is 3. The van der Waals surface area contributed by atoms with E-state index in [0.29, 0.717) is 71.8 Å². The Labute approximate surface area is 317 Å². The van der Waals surface area contributed by atoms with E-state index >= 15 is 0 Å². The molecule has 0 aliphatic carbocycles. The third-order valence-electron chi connectivity index (χ3n) is 8.02. The van der Waals surface area contributed by atoms with Crippen LogP contribution in [0.4, 0.5) is 0 Å². The summed E-state index contributed by atoms with van der Waals surface area (Å²) in [5, 5.41) is 10.5. The van der Waals surface area contributed by atoms with E-state index in [2.05, 4.69) is 0 Å². The van der Waals surface area contributed by atoms with E-state index < -0.39 is 28.8 Å². The molecule has 1 aromatic rings. The van der Waals surface area contributed by atoms with E-state index in [1.54, 1.807) is 0 Å². The number of carbonyl (C=O) groups is 4. The fraction of sp³-hybridized carbons (Fsp3) is 0.700. The lowest BCUT2D eigenvalue weighted by atomic mass is 10.1. The standard InChI is InChI=1S/C40H66N4O9/c1-11-50-32-18-16-31(17-19-32)14-12-13-15-33(37(48)49)44-26-24-42(29-35(46)52-39(5,6)7)22-20-41(28-34(45)51-38(2,3)4)21-23-43(25-27-44)30-36(47)53-40(8,9)10/h12,14,16-19,33H,11,13,15,20-30H2,1-10H3,(H,48,49)/b14-12+/t33-/m0/s1. The number of benzene rings is 1. The Morgan fingerprint density at radius 2 is 1.04 bits per heavy atom. The molecule has 1 atom stereocenters. The number of nitrogens with zero attached hydrogens (tertiary/aromatic N) is 4. The summed E-state index contributed by atoms with van der Waals surface area (Å²) in [7, 11) is 0. The van der Waals surface area contributed by atoms with Crippen LogP contribution in [0.15, 0.2) is 30.3 Å². The van der Waals surface area contributed by atoms with Crippen molar-refractivity contribution in [3.63, 3.8) is 0 Å². The van der Waals surface area contributed by atoms with Crippen LogP contribution in [0.2, 0.25) is 0 Å². The van der Waals surface area contributed by atoms with Crippen molar-refractivity contribution >= 4 is 30.0 Å². The van der Waals surface area contributed by atoms with E-state index in [1.807, 2.05) is 125 Å². The van der Waals surface area contributed by atoms with E-state index in [0.717, 1.165) is 11.3 Å². The number of aliphatic carboxylic acids is 1. The Morgan fingerprint density at radius 3 is 1.38 bits per heavy atom. The Kier molecular flexibility index (Phi) is 18.4. The van der Waals surface area contributed by atoms with Crippen molar-refractivity contribution in [1.29, 1.82) is 0 Å². The molecule has 1 aliphatic heterocycles. The zero-order valence-corrected chi connectivity index (χ0v) is 33.9. The van der Waals surface area contributed by atoms with Gasteiger partial charge in [-0.1, -0.05) is 24.3 Å². The zero-order valence-electron chi connectivity index (χ0n) is 33.9. The molecule has 0 bridgehead atoms. The third-order valence-corrected chi connectivity index (χ3v) is 8.02. The van der Waals surface area contributed by atoms with Crippen LogP contribution in [0, 0.1) is 0 Å². The van der Waals surface area contributed by atoms with Crippen molar-refractivity contribution in [3.8, 4) is 5.75 Å². The molecule has 0 spiro atoms. The minimum Gasteiger partial charge on any atom is -0.494 e. The quantitative estimate of drug-likeness (QED) is 0.210. The van der Waals surface area contributed by atoms with Gasteiger partial charge in [-0.3, -0.25) is 38.8 Å². The van der Waals surface area contributed by atoms with Crippen LogP contribution in [0.5, 0.6) is 5.75 Å². The Bertz CT molecular complexity index is 1280. The maximum atomic E-state index is 13.0. The summed E-state index contributed by atoms with van der Waals surface area (Å²) in [5.41, 5.74) is -0.987. The van der Waals surface area contributed by atoms with Crippen molar-refractivity contribution in [3.05, 3.63) is 35.9 Å². The Balaban J connectivity index is 2.35. The summed E-state index contributed by atoms with van der Waals surface area (Å²) in [6.45, 7) is 22.1. The predicted octanol–water partition coefficient (Wildman–Crippen LogP) is 4.58. The molecule has 1 fully saturated rings. The SMILES string of the molecule is CCOc1ccc(/C=C/CC[C@@H](C(=O)O)N2CCN(CC(=O)OC(C)(C)C)CCN(CC(=O)OC(C)(C)C)CCN(CC(=O)OC(C)(C)C)CC2)cc1. The fourth-order valence-electron chi connectivity index (χ4n) is 5.79. The number of carboxylic acids is 1. The van der Waals surface area contributed by atoms with Crippen molar-refractivity contribution in [2.24, 2.45) is 0 Å². The van der Waals surface area contributed by atoms with Crippen molar-refractivity contribution < 1.29 is 43.2 Å². The lowest BCUT2D eigenvalue weighted by molar-refractivity contribution is -0.158. The maximum Gasteiger partial charge on any atom is 0.320 e. The topological polar surface area (TPSA) is 138 Å². The van der Waals surface area contributed by atoms with Crippen molar-refractivity contribution in [2.45, 2.75) is 105 Å². The number of carbonyl (C=O) groups excluding carboxylic acids is 3. The highest BCUT2D eigenvalue weighted by Crippen LogP contribution is 2.16. The summed E-state index contributed by atoms with van der Waals surface area (Å²) in [5.74, 6) is -1.27. The third kappa shape index (κ3) is 20.5. The highest BCUT2D eigenvalue weighted by molar-refractivity contribution is 5.74. The first kappa shape index (κ1) is 45.6. The first-order valence-electron chi connectivity index (χ1n) is 18.8. The molecule has 1 heterocycles. The molecular weight excluding hydrogens is 680 g/mol. The zero-order chi connectivity index (χ0) is 39.8. The first-order chi connectivity index (χ1) is 24.6. The van der Waals surface area contributed by atoms with Gasteiger partial charge in [0.25, 0.3) is 0 Å². The molecule has 0 aromatic heterocycles. The molecular formula is C40H66N4O9. The van der Waals surface area contributed by atoms with Crippen LogP contribution >= 0.6 is 0 Å². The van der Waals surface area contributed by atoms with Crippen LogP contribution < -0.4 is 4.74 Å². The van der Waals surface area contributed by atoms with E-state index in [1.165, 1.54) is 0 Å². The Morgan fingerprint density at radius 1 is 0.660 bits per heavy atom. The molecule has 0 saturated carbocycles. The van der Waals surface area contributed by atoms with Gasteiger partial charge in [-0.25, -0.2) is 0 Å². The molecule has 300 valence electrons. The minimum absolute atomic E-state index is 0.0126. The van der Waals surface area contributed by atoms with E-state index in [-0.39, 0.29) is 37.5 Å². The second-order valence-electron chi connectivity index (χ2n) is 16.5. The van der Waals surface area contributed by atoms with E-state index in [9.17, 15) is 24.3 Å². The largest absolute Gasteiger partial charge is 0.494 e. The van der Waals surface area contributed by atoms with Gasteiger partial charge in [-0.15, -0.1) is 0 Å². The van der Waals surface area contributed by atoms with Gasteiger partial charge in [0, 0.05) is 52.4 Å². The molecule has 13 heteroatoms. The van der Waals surface area contributed by atoms with Gasteiger partial charge >= 0.3 is 23.9 Å². The van der Waals surface area contributed by atoms with Gasteiger partial charge in [-0.2, -0.15) is 0 Å². The number of hydrogen-bond donors (Lipinski definition) is 1. The van der Waals surface area contributed by atoms with Crippen LogP contribution in [0.25, 0.3) is 6.08 Å². The second-order valence-corrected chi connectivity index (χ2v) is 16.5. The van der Waals surface area contributed by atoms with Gasteiger partial charge in [0.05, 0.1) is 26.2 Å².